The Bertz CT molecular complexity index is 822. The Hall–Kier alpha value is -3.07. The molecule has 0 aliphatic carbocycles. The van der Waals surface area contributed by atoms with E-state index in [-0.39, 0.29) is 0 Å². The summed E-state index contributed by atoms with van der Waals surface area (Å²) in [6, 6.07) is 26.3. The summed E-state index contributed by atoms with van der Waals surface area (Å²) in [5.41, 5.74) is 6.60. The molecule has 0 aliphatic heterocycles. The first-order chi connectivity index (χ1) is 12.7. The second kappa shape index (κ2) is 8.86. The molecule has 0 heterocycles. The molecule has 0 aromatic heterocycles. The van der Waals surface area contributed by atoms with Gasteiger partial charge < -0.3 is 10.2 Å². The Morgan fingerprint density at radius 3 is 2.08 bits per heavy atom. The Kier molecular flexibility index (Phi) is 6.05. The lowest BCUT2D eigenvalue weighted by Gasteiger charge is -2.08. The van der Waals surface area contributed by atoms with Gasteiger partial charge in [-0.25, -0.2) is 0 Å². The van der Waals surface area contributed by atoms with Crippen LogP contribution in [0.3, 0.4) is 0 Å². The molecule has 0 bridgehead atoms. The first kappa shape index (κ1) is 17.7. The summed E-state index contributed by atoms with van der Waals surface area (Å²) in [6.07, 6.45) is 1.81. The van der Waals surface area contributed by atoms with Gasteiger partial charge in [-0.15, -0.1) is 0 Å². The summed E-state index contributed by atoms with van der Waals surface area (Å²) in [4.78, 5) is 0. The molecule has 0 spiro atoms. The third-order valence-corrected chi connectivity index (χ3v) is 4.09. The lowest BCUT2D eigenvalue weighted by molar-refractivity contribution is 0.482. The molecule has 0 atom stereocenters. The quantitative estimate of drug-likeness (QED) is 0.439. The molecule has 0 saturated heterocycles. The van der Waals surface area contributed by atoms with Crippen molar-refractivity contribution in [1.29, 1.82) is 0 Å². The van der Waals surface area contributed by atoms with Crippen LogP contribution in [0.5, 0.6) is 11.5 Å². The number of nitrogens with zero attached hydrogens (tertiary/aromatic N) is 1. The molecular formula is C23H24N2O. The maximum Gasteiger partial charge on any atom is 0.127 e. The molecular weight excluding hydrogens is 320 g/mol. The van der Waals surface area contributed by atoms with Gasteiger partial charge in [0.2, 0.25) is 0 Å². The minimum absolute atomic E-state index is 0.526. The van der Waals surface area contributed by atoms with Gasteiger partial charge in [0.05, 0.1) is 12.8 Å². The number of ether oxygens (including phenoxy) is 1. The molecule has 3 aromatic carbocycles. The van der Waals surface area contributed by atoms with E-state index in [9.17, 15) is 0 Å². The second-order valence-electron chi connectivity index (χ2n) is 6.47. The Labute approximate surface area is 155 Å². The summed E-state index contributed by atoms with van der Waals surface area (Å²) < 4.78 is 5.89. The van der Waals surface area contributed by atoms with Crippen LogP contribution < -0.4 is 10.2 Å². The van der Waals surface area contributed by atoms with Crippen molar-refractivity contribution in [3.63, 3.8) is 0 Å². The van der Waals surface area contributed by atoms with Crippen LogP contribution in [0.15, 0.2) is 84.0 Å². The predicted octanol–water partition coefficient (Wildman–Crippen LogP) is 5.73. The smallest absolute Gasteiger partial charge is 0.127 e. The summed E-state index contributed by atoms with van der Waals surface area (Å²) in [7, 11) is 0. The van der Waals surface area contributed by atoms with E-state index < -0.39 is 0 Å². The van der Waals surface area contributed by atoms with E-state index in [0.29, 0.717) is 12.5 Å². The number of hydrazone groups is 1. The Balaban J connectivity index is 1.52. The van der Waals surface area contributed by atoms with Gasteiger partial charge in [-0.05, 0) is 59.0 Å². The molecule has 0 amide bonds. The second-order valence-corrected chi connectivity index (χ2v) is 6.47. The first-order valence-corrected chi connectivity index (χ1v) is 8.88. The average molecular weight is 344 g/mol. The standard InChI is InChI=1S/C23H24N2O/c1-18(2)21-10-14-23(15-11-21)26-22-12-8-20(9-13-22)17-25-24-16-19-6-4-3-5-7-19/h3-15,17-18,24H,16H2,1-2H3. The molecule has 26 heavy (non-hydrogen) atoms. The lowest BCUT2D eigenvalue weighted by atomic mass is 10.0. The van der Waals surface area contributed by atoms with Crippen molar-refractivity contribution >= 4 is 6.21 Å². The van der Waals surface area contributed by atoms with Crippen molar-refractivity contribution in [2.24, 2.45) is 5.10 Å². The van der Waals surface area contributed by atoms with Gasteiger partial charge in [0.25, 0.3) is 0 Å². The highest BCUT2D eigenvalue weighted by molar-refractivity contribution is 5.79. The van der Waals surface area contributed by atoms with Crippen molar-refractivity contribution < 1.29 is 4.74 Å². The molecule has 132 valence electrons. The maximum absolute atomic E-state index is 5.89. The van der Waals surface area contributed by atoms with Crippen LogP contribution in [0.4, 0.5) is 0 Å². The van der Waals surface area contributed by atoms with Gasteiger partial charge >= 0.3 is 0 Å². The fraction of sp³-hybridized carbons (Fsp3) is 0.174. The van der Waals surface area contributed by atoms with E-state index in [1.165, 1.54) is 11.1 Å². The summed E-state index contributed by atoms with van der Waals surface area (Å²) in [6.45, 7) is 5.08. The Morgan fingerprint density at radius 1 is 0.846 bits per heavy atom. The van der Waals surface area contributed by atoms with Gasteiger partial charge in [-0.1, -0.05) is 56.3 Å². The van der Waals surface area contributed by atoms with Gasteiger partial charge in [0.1, 0.15) is 11.5 Å². The first-order valence-electron chi connectivity index (χ1n) is 8.88. The fourth-order valence-electron chi connectivity index (χ4n) is 2.53. The van der Waals surface area contributed by atoms with Gasteiger partial charge in [-0.3, -0.25) is 0 Å². The molecule has 0 saturated carbocycles. The van der Waals surface area contributed by atoms with Crippen molar-refractivity contribution in [2.75, 3.05) is 0 Å². The number of nitrogens with one attached hydrogen (secondary N) is 1. The highest BCUT2D eigenvalue weighted by Crippen LogP contribution is 2.24. The molecule has 3 nitrogen and oxygen atoms in total. The molecule has 0 aliphatic rings. The van der Waals surface area contributed by atoms with Crippen molar-refractivity contribution in [2.45, 2.75) is 26.3 Å². The topological polar surface area (TPSA) is 33.6 Å². The minimum atomic E-state index is 0.526. The maximum atomic E-state index is 5.89. The van der Waals surface area contributed by atoms with E-state index in [0.717, 1.165) is 17.1 Å². The largest absolute Gasteiger partial charge is 0.457 e. The molecule has 3 rings (SSSR count). The normalized spacial score (nSPS) is 11.0. The molecule has 0 radical (unpaired) electrons. The molecule has 0 unspecified atom stereocenters. The average Bonchev–Trinajstić information content (AvgIpc) is 2.68. The van der Waals surface area contributed by atoms with Gasteiger partial charge in [0.15, 0.2) is 0 Å². The third kappa shape index (κ3) is 5.21. The van der Waals surface area contributed by atoms with Crippen LogP contribution in [0, 0.1) is 0 Å². The van der Waals surface area contributed by atoms with E-state index in [2.05, 4.69) is 48.6 Å². The highest BCUT2D eigenvalue weighted by Gasteiger charge is 2.01. The third-order valence-electron chi connectivity index (χ3n) is 4.09. The number of hydrogen-bond acceptors (Lipinski definition) is 3. The van der Waals surface area contributed by atoms with E-state index in [1.807, 2.05) is 60.8 Å². The van der Waals surface area contributed by atoms with Crippen molar-refractivity contribution in [3.8, 4) is 11.5 Å². The summed E-state index contributed by atoms with van der Waals surface area (Å²) in [5, 5.41) is 4.26. The van der Waals surface area contributed by atoms with Gasteiger partial charge in [0, 0.05) is 0 Å². The highest BCUT2D eigenvalue weighted by atomic mass is 16.5. The van der Waals surface area contributed by atoms with Crippen molar-refractivity contribution in [1.82, 2.24) is 5.43 Å². The van der Waals surface area contributed by atoms with Crippen molar-refractivity contribution in [3.05, 3.63) is 95.6 Å². The minimum Gasteiger partial charge on any atom is -0.457 e. The predicted molar refractivity (Wildman–Crippen MR) is 108 cm³/mol. The molecule has 0 fully saturated rings. The SMILES string of the molecule is CC(C)c1ccc(Oc2ccc(C=NNCc3ccccc3)cc2)cc1. The van der Waals surface area contributed by atoms with Crippen LogP contribution >= 0.6 is 0 Å². The van der Waals surface area contributed by atoms with E-state index >= 15 is 0 Å². The van der Waals surface area contributed by atoms with Crippen LogP contribution in [0.2, 0.25) is 0 Å². The van der Waals surface area contributed by atoms with Gasteiger partial charge in [-0.2, -0.15) is 5.10 Å². The van der Waals surface area contributed by atoms with Crippen LogP contribution in [-0.2, 0) is 6.54 Å². The zero-order valence-electron chi connectivity index (χ0n) is 15.2. The Morgan fingerprint density at radius 2 is 1.46 bits per heavy atom. The number of rotatable bonds is 7. The monoisotopic (exact) mass is 344 g/mol. The van der Waals surface area contributed by atoms with E-state index in [1.54, 1.807) is 0 Å². The zero-order chi connectivity index (χ0) is 18.2. The van der Waals surface area contributed by atoms with Crippen LogP contribution in [0.1, 0.15) is 36.5 Å². The summed E-state index contributed by atoms with van der Waals surface area (Å²) >= 11 is 0. The summed E-state index contributed by atoms with van der Waals surface area (Å²) in [5.74, 6) is 2.19. The number of benzene rings is 3. The zero-order valence-corrected chi connectivity index (χ0v) is 15.2. The molecule has 3 heteroatoms. The lowest BCUT2D eigenvalue weighted by Crippen LogP contribution is -2.05. The number of hydrogen-bond donors (Lipinski definition) is 1. The van der Waals surface area contributed by atoms with E-state index in [4.69, 9.17) is 4.74 Å². The molecule has 1 N–H and O–H groups in total. The fourth-order valence-corrected chi connectivity index (χ4v) is 2.53. The molecule has 3 aromatic rings. The van der Waals surface area contributed by atoms with Crippen LogP contribution in [0.25, 0.3) is 0 Å². The van der Waals surface area contributed by atoms with Crippen LogP contribution in [-0.4, -0.2) is 6.21 Å².